The number of halogens is 1. The molecule has 26 heavy (non-hydrogen) atoms. The molecular formula is C19H24ClN3O3. The van der Waals surface area contributed by atoms with Gasteiger partial charge in [0.05, 0.1) is 0 Å². The molecule has 1 aliphatic carbocycles. The van der Waals surface area contributed by atoms with Crippen LogP contribution in [0.2, 0.25) is 5.02 Å². The summed E-state index contributed by atoms with van der Waals surface area (Å²) in [5.41, 5.74) is -0.746. The molecule has 1 saturated heterocycles. The highest BCUT2D eigenvalue weighted by molar-refractivity contribution is 6.32. The molecule has 2 aliphatic rings. The fourth-order valence-electron chi connectivity index (χ4n) is 3.73. The summed E-state index contributed by atoms with van der Waals surface area (Å²) in [4.78, 5) is 38.6. The lowest BCUT2D eigenvalue weighted by Gasteiger charge is -2.23. The topological polar surface area (TPSA) is 78.5 Å². The number of rotatable bonds is 4. The number of imide groups is 1. The van der Waals surface area contributed by atoms with E-state index in [4.69, 9.17) is 11.6 Å². The zero-order valence-corrected chi connectivity index (χ0v) is 15.6. The largest absolute Gasteiger partial charge is 0.352 e. The molecule has 1 aliphatic heterocycles. The fraction of sp³-hybridized carbons (Fsp3) is 0.526. The van der Waals surface area contributed by atoms with Crippen molar-refractivity contribution in [1.29, 1.82) is 0 Å². The maximum absolute atomic E-state index is 12.9. The summed E-state index contributed by atoms with van der Waals surface area (Å²) in [6, 6.07) is 6.44. The predicted octanol–water partition coefficient (Wildman–Crippen LogP) is 2.95. The van der Waals surface area contributed by atoms with E-state index in [-0.39, 0.29) is 18.5 Å². The summed E-state index contributed by atoms with van der Waals surface area (Å²) in [6.07, 6.45) is 6.47. The Morgan fingerprint density at radius 3 is 2.54 bits per heavy atom. The molecule has 1 aromatic rings. The van der Waals surface area contributed by atoms with E-state index >= 15 is 0 Å². The second kappa shape index (κ2) is 7.66. The van der Waals surface area contributed by atoms with Crippen molar-refractivity contribution >= 4 is 29.4 Å². The molecule has 4 amide bonds. The Bertz CT molecular complexity index is 716. The summed E-state index contributed by atoms with van der Waals surface area (Å²) in [7, 11) is 0. The van der Waals surface area contributed by atoms with Gasteiger partial charge in [0.25, 0.3) is 5.91 Å². The van der Waals surface area contributed by atoms with Crippen LogP contribution in [0.15, 0.2) is 24.3 Å². The maximum atomic E-state index is 12.9. The van der Waals surface area contributed by atoms with Gasteiger partial charge in [0.1, 0.15) is 12.1 Å². The van der Waals surface area contributed by atoms with Gasteiger partial charge in [-0.25, -0.2) is 4.79 Å². The first-order valence-electron chi connectivity index (χ1n) is 9.10. The van der Waals surface area contributed by atoms with Crippen LogP contribution in [0.25, 0.3) is 0 Å². The van der Waals surface area contributed by atoms with Crippen molar-refractivity contribution in [3.8, 4) is 0 Å². The highest BCUT2D eigenvalue weighted by Gasteiger charge is 2.50. The number of nitrogens with one attached hydrogen (secondary N) is 2. The van der Waals surface area contributed by atoms with E-state index in [1.807, 2.05) is 0 Å². The van der Waals surface area contributed by atoms with E-state index in [9.17, 15) is 14.4 Å². The molecule has 1 unspecified atom stereocenters. The smallest absolute Gasteiger partial charge is 0.325 e. The zero-order valence-electron chi connectivity index (χ0n) is 14.9. The van der Waals surface area contributed by atoms with Crippen LogP contribution in [0.4, 0.5) is 4.79 Å². The third-order valence-corrected chi connectivity index (χ3v) is 5.54. The summed E-state index contributed by atoms with van der Waals surface area (Å²) in [5.74, 6) is -0.768. The standard InChI is InChI=1S/C19H24ClN3O3/c1-19(14-10-6-7-11-15(14)20)17(25)23(18(26)22-19)12-16(24)21-13-8-4-2-3-5-9-13/h6-7,10-11,13H,2-5,8-9,12H2,1H3,(H,21,24)(H,22,26). The van der Waals surface area contributed by atoms with Gasteiger partial charge in [0, 0.05) is 16.6 Å². The Morgan fingerprint density at radius 2 is 1.88 bits per heavy atom. The molecule has 3 rings (SSSR count). The number of hydrogen-bond donors (Lipinski definition) is 2. The molecule has 2 fully saturated rings. The van der Waals surface area contributed by atoms with Gasteiger partial charge in [0.15, 0.2) is 0 Å². The van der Waals surface area contributed by atoms with Crippen molar-refractivity contribution in [2.24, 2.45) is 0 Å². The van der Waals surface area contributed by atoms with Crippen molar-refractivity contribution < 1.29 is 14.4 Å². The molecule has 0 aromatic heterocycles. The number of carbonyl (C=O) groups excluding carboxylic acids is 3. The lowest BCUT2D eigenvalue weighted by atomic mass is 9.92. The predicted molar refractivity (Wildman–Crippen MR) is 98.7 cm³/mol. The van der Waals surface area contributed by atoms with Crippen LogP contribution in [0.3, 0.4) is 0 Å². The SMILES string of the molecule is CC1(c2ccccc2Cl)NC(=O)N(CC(=O)NC2CCCCCC2)C1=O. The summed E-state index contributed by atoms with van der Waals surface area (Å²) < 4.78 is 0. The van der Waals surface area contributed by atoms with Gasteiger partial charge < -0.3 is 10.6 Å². The Labute approximate surface area is 158 Å². The molecule has 0 radical (unpaired) electrons. The Hall–Kier alpha value is -2.08. The van der Waals surface area contributed by atoms with Gasteiger partial charge in [0.2, 0.25) is 5.91 Å². The van der Waals surface area contributed by atoms with E-state index < -0.39 is 17.5 Å². The number of nitrogens with zero attached hydrogens (tertiary/aromatic N) is 1. The fourth-order valence-corrected chi connectivity index (χ4v) is 4.06. The maximum Gasteiger partial charge on any atom is 0.325 e. The van der Waals surface area contributed by atoms with Crippen molar-refractivity contribution in [3.05, 3.63) is 34.9 Å². The lowest BCUT2D eigenvalue weighted by molar-refractivity contribution is -0.135. The Balaban J connectivity index is 1.69. The van der Waals surface area contributed by atoms with Gasteiger partial charge in [-0.15, -0.1) is 0 Å². The average molecular weight is 378 g/mol. The van der Waals surface area contributed by atoms with Crippen LogP contribution in [-0.2, 0) is 15.1 Å². The van der Waals surface area contributed by atoms with Crippen LogP contribution in [-0.4, -0.2) is 35.3 Å². The molecular weight excluding hydrogens is 354 g/mol. The molecule has 1 saturated carbocycles. The first-order valence-corrected chi connectivity index (χ1v) is 9.48. The molecule has 7 heteroatoms. The molecule has 0 bridgehead atoms. The third-order valence-electron chi connectivity index (χ3n) is 5.21. The summed E-state index contributed by atoms with van der Waals surface area (Å²) >= 11 is 6.20. The van der Waals surface area contributed by atoms with Crippen molar-refractivity contribution in [3.63, 3.8) is 0 Å². The Morgan fingerprint density at radius 1 is 1.23 bits per heavy atom. The Kier molecular flexibility index (Phi) is 5.51. The molecule has 2 N–H and O–H groups in total. The van der Waals surface area contributed by atoms with Crippen molar-refractivity contribution in [1.82, 2.24) is 15.5 Å². The molecule has 1 aromatic carbocycles. The number of benzene rings is 1. The lowest BCUT2D eigenvalue weighted by Crippen LogP contribution is -2.45. The number of hydrogen-bond acceptors (Lipinski definition) is 3. The summed E-state index contributed by atoms with van der Waals surface area (Å²) in [6.45, 7) is 1.33. The molecule has 140 valence electrons. The van der Waals surface area contributed by atoms with Crippen LogP contribution in [0.1, 0.15) is 51.0 Å². The van der Waals surface area contributed by atoms with Crippen LogP contribution in [0.5, 0.6) is 0 Å². The molecule has 1 atom stereocenters. The van der Waals surface area contributed by atoms with Crippen LogP contribution < -0.4 is 10.6 Å². The van der Waals surface area contributed by atoms with Gasteiger partial charge >= 0.3 is 6.03 Å². The minimum atomic E-state index is -1.27. The first kappa shape index (κ1) is 18.7. The average Bonchev–Trinajstić information content (AvgIpc) is 2.79. The summed E-state index contributed by atoms with van der Waals surface area (Å²) in [5, 5.41) is 6.04. The minimum Gasteiger partial charge on any atom is -0.352 e. The second-order valence-corrected chi connectivity index (χ2v) is 7.59. The number of urea groups is 1. The van der Waals surface area contributed by atoms with Crippen LogP contribution >= 0.6 is 11.6 Å². The van der Waals surface area contributed by atoms with E-state index in [0.717, 1.165) is 30.6 Å². The quantitative estimate of drug-likeness (QED) is 0.625. The molecule has 0 spiro atoms. The molecule has 6 nitrogen and oxygen atoms in total. The van der Waals surface area contributed by atoms with Crippen LogP contribution in [0, 0.1) is 0 Å². The van der Waals surface area contributed by atoms with E-state index in [1.54, 1.807) is 31.2 Å². The van der Waals surface area contributed by atoms with Gasteiger partial charge in [-0.2, -0.15) is 0 Å². The number of carbonyl (C=O) groups is 3. The van der Waals surface area contributed by atoms with Gasteiger partial charge in [-0.05, 0) is 25.8 Å². The highest BCUT2D eigenvalue weighted by Crippen LogP contribution is 2.33. The third kappa shape index (κ3) is 3.70. The minimum absolute atomic E-state index is 0.126. The van der Waals surface area contributed by atoms with Gasteiger partial charge in [-0.1, -0.05) is 55.5 Å². The first-order chi connectivity index (χ1) is 12.4. The molecule has 1 heterocycles. The van der Waals surface area contributed by atoms with E-state index in [2.05, 4.69) is 10.6 Å². The van der Waals surface area contributed by atoms with E-state index in [1.165, 1.54) is 12.8 Å². The zero-order chi connectivity index (χ0) is 18.7. The monoisotopic (exact) mass is 377 g/mol. The second-order valence-electron chi connectivity index (χ2n) is 7.18. The normalized spacial score (nSPS) is 24.3. The highest BCUT2D eigenvalue weighted by atomic mass is 35.5. The van der Waals surface area contributed by atoms with Gasteiger partial charge in [-0.3, -0.25) is 14.5 Å². The van der Waals surface area contributed by atoms with E-state index in [0.29, 0.717) is 10.6 Å². The van der Waals surface area contributed by atoms with Crippen molar-refractivity contribution in [2.75, 3.05) is 6.54 Å². The van der Waals surface area contributed by atoms with Crippen molar-refractivity contribution in [2.45, 2.75) is 57.0 Å². The number of amides is 4.